The molecule has 1 saturated heterocycles. The van der Waals surface area contributed by atoms with Crippen molar-refractivity contribution in [3.8, 4) is 5.75 Å². The Morgan fingerprint density at radius 1 is 1.15 bits per heavy atom. The predicted molar refractivity (Wildman–Crippen MR) is 100 cm³/mol. The Morgan fingerprint density at radius 2 is 1.85 bits per heavy atom. The Bertz CT molecular complexity index is 785. The van der Waals surface area contributed by atoms with Gasteiger partial charge in [0.15, 0.2) is 0 Å². The van der Waals surface area contributed by atoms with Crippen molar-refractivity contribution in [1.29, 1.82) is 0 Å². The highest BCUT2D eigenvalue weighted by Crippen LogP contribution is 2.19. The molecule has 0 aromatic heterocycles. The van der Waals surface area contributed by atoms with Crippen molar-refractivity contribution in [2.75, 3.05) is 13.2 Å². The Morgan fingerprint density at radius 3 is 2.52 bits per heavy atom. The van der Waals surface area contributed by atoms with Crippen molar-refractivity contribution in [3.63, 3.8) is 0 Å². The number of aryl methyl sites for hydroxylation is 1. The number of rotatable bonds is 6. The molecule has 1 amide bonds. The number of carbonyl (C=O) groups excluding carboxylic acids is 1. The van der Waals surface area contributed by atoms with Crippen molar-refractivity contribution < 1.29 is 24.2 Å². The molecule has 0 radical (unpaired) electrons. The van der Waals surface area contributed by atoms with E-state index in [1.807, 2.05) is 31.2 Å². The molecular weight excluding hydrogens is 346 g/mol. The van der Waals surface area contributed by atoms with Crippen molar-refractivity contribution >= 4 is 11.9 Å². The summed E-state index contributed by atoms with van der Waals surface area (Å²) in [5.41, 5.74) is 2.32. The molecule has 1 aliphatic heterocycles. The van der Waals surface area contributed by atoms with Gasteiger partial charge in [-0.2, -0.15) is 0 Å². The van der Waals surface area contributed by atoms with E-state index in [0.717, 1.165) is 11.1 Å². The second-order valence-corrected chi connectivity index (χ2v) is 6.69. The van der Waals surface area contributed by atoms with Crippen LogP contribution in [0.4, 0.5) is 0 Å². The molecule has 0 spiro atoms. The van der Waals surface area contributed by atoms with Crippen LogP contribution in [0.3, 0.4) is 0 Å². The van der Waals surface area contributed by atoms with Crippen LogP contribution in [0.25, 0.3) is 0 Å². The zero-order chi connectivity index (χ0) is 19.2. The lowest BCUT2D eigenvalue weighted by Gasteiger charge is -2.32. The summed E-state index contributed by atoms with van der Waals surface area (Å²) in [5, 5.41) is 12.0. The van der Waals surface area contributed by atoms with Gasteiger partial charge in [-0.3, -0.25) is 4.79 Å². The Balaban J connectivity index is 1.60. The fourth-order valence-corrected chi connectivity index (χ4v) is 2.99. The van der Waals surface area contributed by atoms with Gasteiger partial charge in [0, 0.05) is 6.42 Å². The van der Waals surface area contributed by atoms with Crippen molar-refractivity contribution in [2.45, 2.75) is 31.9 Å². The maximum Gasteiger partial charge on any atom is 0.335 e. The van der Waals surface area contributed by atoms with Gasteiger partial charge >= 0.3 is 5.97 Å². The minimum atomic E-state index is -0.978. The monoisotopic (exact) mass is 369 g/mol. The number of carboxylic acids is 1. The largest absolute Gasteiger partial charge is 0.488 e. The lowest BCUT2D eigenvalue weighted by molar-refractivity contribution is -0.123. The molecule has 0 unspecified atom stereocenters. The highest BCUT2D eigenvalue weighted by molar-refractivity contribution is 5.87. The molecular formula is C21H23NO5. The third-order valence-corrected chi connectivity index (χ3v) is 4.51. The molecule has 1 fully saturated rings. The molecule has 2 N–H and O–H groups in total. The molecule has 27 heavy (non-hydrogen) atoms. The van der Waals surface area contributed by atoms with Gasteiger partial charge < -0.3 is 19.9 Å². The quantitative estimate of drug-likeness (QED) is 0.818. The first-order valence-electron chi connectivity index (χ1n) is 8.94. The smallest absolute Gasteiger partial charge is 0.335 e. The summed E-state index contributed by atoms with van der Waals surface area (Å²) in [6.07, 6.45) is 0.726. The third kappa shape index (κ3) is 5.31. The summed E-state index contributed by atoms with van der Waals surface area (Å²) in [6.45, 7) is 2.95. The zero-order valence-electron chi connectivity index (χ0n) is 15.2. The highest BCUT2D eigenvalue weighted by atomic mass is 16.5. The number of aromatic carboxylic acids is 1. The molecule has 2 aromatic rings. The van der Waals surface area contributed by atoms with Gasteiger partial charge in [-0.05, 0) is 36.8 Å². The molecule has 2 aromatic carbocycles. The summed E-state index contributed by atoms with van der Waals surface area (Å²) < 4.78 is 11.5. The number of benzene rings is 2. The van der Waals surface area contributed by atoms with E-state index in [-0.39, 0.29) is 23.6 Å². The van der Waals surface area contributed by atoms with Crippen LogP contribution in [0.5, 0.6) is 5.75 Å². The molecule has 3 rings (SSSR count). The van der Waals surface area contributed by atoms with E-state index in [1.165, 1.54) is 12.1 Å². The van der Waals surface area contributed by atoms with E-state index < -0.39 is 5.97 Å². The second-order valence-electron chi connectivity index (χ2n) is 6.69. The minimum absolute atomic E-state index is 0.0795. The van der Waals surface area contributed by atoms with Crippen LogP contribution in [-0.4, -0.2) is 42.3 Å². The predicted octanol–water partition coefficient (Wildman–Crippen LogP) is 2.59. The molecule has 0 aliphatic carbocycles. The van der Waals surface area contributed by atoms with Crippen LogP contribution in [0, 0.1) is 6.92 Å². The molecule has 2 atom stereocenters. The average Bonchev–Trinajstić information content (AvgIpc) is 2.65. The van der Waals surface area contributed by atoms with E-state index in [4.69, 9.17) is 14.6 Å². The van der Waals surface area contributed by atoms with Gasteiger partial charge in [0.1, 0.15) is 11.9 Å². The van der Waals surface area contributed by atoms with Crippen LogP contribution in [0.1, 0.15) is 27.9 Å². The SMILES string of the molecule is Cc1ccc(CC(=O)N[C@@H]2COCC[C@H]2Oc2ccc(C(=O)O)cc2)cc1. The Kier molecular flexibility index (Phi) is 6.08. The summed E-state index contributed by atoms with van der Waals surface area (Å²) in [5.74, 6) is -0.484. The number of carbonyl (C=O) groups is 2. The number of amides is 1. The average molecular weight is 369 g/mol. The summed E-state index contributed by atoms with van der Waals surface area (Å²) in [4.78, 5) is 23.3. The summed E-state index contributed by atoms with van der Waals surface area (Å²) in [6, 6.07) is 13.9. The maximum atomic E-state index is 12.4. The molecule has 142 valence electrons. The van der Waals surface area contributed by atoms with Gasteiger partial charge in [-0.25, -0.2) is 4.79 Å². The standard InChI is InChI=1S/C21H23NO5/c1-14-2-4-15(5-3-14)12-20(23)22-18-13-26-11-10-19(18)27-17-8-6-16(7-9-17)21(24)25/h2-9,18-19H,10-13H2,1H3,(H,22,23)(H,24,25)/t18-,19-/m1/s1. The first kappa shape index (κ1) is 18.9. The first-order valence-corrected chi connectivity index (χ1v) is 8.94. The van der Waals surface area contributed by atoms with E-state index in [9.17, 15) is 9.59 Å². The van der Waals surface area contributed by atoms with Crippen LogP contribution >= 0.6 is 0 Å². The second kappa shape index (κ2) is 8.68. The molecule has 1 aliphatic rings. The normalized spacial score (nSPS) is 19.3. The third-order valence-electron chi connectivity index (χ3n) is 4.51. The molecule has 0 bridgehead atoms. The fourth-order valence-electron chi connectivity index (χ4n) is 2.99. The van der Waals surface area contributed by atoms with Crippen molar-refractivity contribution in [1.82, 2.24) is 5.32 Å². The van der Waals surface area contributed by atoms with Crippen LogP contribution in [0.15, 0.2) is 48.5 Å². The number of hydrogen-bond donors (Lipinski definition) is 2. The van der Waals surface area contributed by atoms with E-state index in [0.29, 0.717) is 31.8 Å². The van der Waals surface area contributed by atoms with Crippen LogP contribution < -0.4 is 10.1 Å². The highest BCUT2D eigenvalue weighted by Gasteiger charge is 2.29. The Hall–Kier alpha value is -2.86. The fraction of sp³-hybridized carbons (Fsp3) is 0.333. The number of hydrogen-bond acceptors (Lipinski definition) is 4. The van der Waals surface area contributed by atoms with Crippen molar-refractivity contribution in [2.24, 2.45) is 0 Å². The summed E-state index contributed by atoms with van der Waals surface area (Å²) in [7, 11) is 0. The van der Waals surface area contributed by atoms with Gasteiger partial charge in [-0.15, -0.1) is 0 Å². The lowest BCUT2D eigenvalue weighted by atomic mass is 10.0. The van der Waals surface area contributed by atoms with Gasteiger partial charge in [0.2, 0.25) is 5.91 Å². The molecule has 0 saturated carbocycles. The molecule has 6 nitrogen and oxygen atoms in total. The van der Waals surface area contributed by atoms with Crippen LogP contribution in [0.2, 0.25) is 0 Å². The molecule has 6 heteroatoms. The minimum Gasteiger partial charge on any atom is -0.488 e. The first-order chi connectivity index (χ1) is 13.0. The molecule has 1 heterocycles. The van der Waals surface area contributed by atoms with E-state index in [1.54, 1.807) is 12.1 Å². The summed E-state index contributed by atoms with van der Waals surface area (Å²) >= 11 is 0. The van der Waals surface area contributed by atoms with Gasteiger partial charge in [0.25, 0.3) is 0 Å². The number of carboxylic acid groups (broad SMARTS) is 1. The van der Waals surface area contributed by atoms with Gasteiger partial charge in [0.05, 0.1) is 31.2 Å². The number of ether oxygens (including phenoxy) is 2. The zero-order valence-corrected chi connectivity index (χ0v) is 15.2. The Labute approximate surface area is 158 Å². The topological polar surface area (TPSA) is 84.9 Å². The number of nitrogens with one attached hydrogen (secondary N) is 1. The van der Waals surface area contributed by atoms with Crippen LogP contribution in [-0.2, 0) is 16.0 Å². The van der Waals surface area contributed by atoms with Gasteiger partial charge in [-0.1, -0.05) is 29.8 Å². The van der Waals surface area contributed by atoms with E-state index >= 15 is 0 Å². The maximum absolute atomic E-state index is 12.4. The van der Waals surface area contributed by atoms with Crippen molar-refractivity contribution in [3.05, 3.63) is 65.2 Å². The van der Waals surface area contributed by atoms with E-state index in [2.05, 4.69) is 5.32 Å². The lowest BCUT2D eigenvalue weighted by Crippen LogP contribution is -2.52.